The summed E-state index contributed by atoms with van der Waals surface area (Å²) in [5, 5.41) is 1.75. The van der Waals surface area contributed by atoms with Crippen molar-refractivity contribution in [2.24, 2.45) is 0 Å². The average Bonchev–Trinajstić information content (AvgIpc) is 3.53. The van der Waals surface area contributed by atoms with Crippen molar-refractivity contribution in [3.63, 3.8) is 0 Å². The van der Waals surface area contributed by atoms with Gasteiger partial charge in [0, 0.05) is 44.5 Å². The quantitative estimate of drug-likeness (QED) is 0.548. The molecule has 2 aliphatic heterocycles. The number of nitrogens with one attached hydrogen (secondary N) is 1. The molecule has 1 saturated heterocycles. The molecule has 1 fully saturated rings. The van der Waals surface area contributed by atoms with Crippen molar-refractivity contribution in [2.75, 3.05) is 44.4 Å². The summed E-state index contributed by atoms with van der Waals surface area (Å²) in [6.07, 6.45) is 0. The van der Waals surface area contributed by atoms with E-state index in [0.717, 1.165) is 37.4 Å². The lowest BCUT2D eigenvalue weighted by Crippen LogP contribution is -2.49. The Morgan fingerprint density at radius 1 is 1.00 bits per heavy atom. The Bertz CT molecular complexity index is 1190. The molecule has 3 aromatic rings. The van der Waals surface area contributed by atoms with Gasteiger partial charge in [-0.25, -0.2) is 17.5 Å². The first-order valence-corrected chi connectivity index (χ1v) is 13.0. The van der Waals surface area contributed by atoms with Gasteiger partial charge in [0.2, 0.25) is 16.8 Å². The van der Waals surface area contributed by atoms with Crippen molar-refractivity contribution in [1.82, 2.24) is 9.62 Å². The Labute approximate surface area is 196 Å². The smallest absolute Gasteiger partial charge is 0.250 e. The highest BCUT2D eigenvalue weighted by Gasteiger charge is 2.28. The number of halogens is 1. The molecule has 5 rings (SSSR count). The van der Waals surface area contributed by atoms with Crippen LogP contribution in [0.1, 0.15) is 11.6 Å². The summed E-state index contributed by atoms with van der Waals surface area (Å²) in [7, 11) is -3.59. The summed E-state index contributed by atoms with van der Waals surface area (Å²) in [6, 6.07) is 15.4. The highest BCUT2D eigenvalue weighted by Crippen LogP contribution is 2.36. The minimum Gasteiger partial charge on any atom is -0.454 e. The lowest BCUT2D eigenvalue weighted by molar-refractivity contribution is 0.173. The van der Waals surface area contributed by atoms with Gasteiger partial charge in [-0.05, 0) is 53.4 Å². The molecule has 10 heteroatoms. The first kappa shape index (κ1) is 22.1. The van der Waals surface area contributed by atoms with E-state index in [4.69, 9.17) is 9.47 Å². The number of anilines is 1. The molecule has 1 unspecified atom stereocenters. The number of rotatable bonds is 7. The van der Waals surface area contributed by atoms with Crippen molar-refractivity contribution in [1.29, 1.82) is 0 Å². The molecule has 1 atom stereocenters. The Hall–Kier alpha value is -2.66. The molecule has 0 radical (unpaired) electrons. The second-order valence-corrected chi connectivity index (χ2v) is 10.9. The van der Waals surface area contributed by atoms with Crippen LogP contribution < -0.4 is 19.1 Å². The third kappa shape index (κ3) is 4.84. The van der Waals surface area contributed by atoms with E-state index in [1.165, 1.54) is 23.5 Å². The van der Waals surface area contributed by atoms with Crippen LogP contribution in [-0.2, 0) is 10.0 Å². The van der Waals surface area contributed by atoms with Crippen LogP contribution in [0.25, 0.3) is 0 Å². The van der Waals surface area contributed by atoms with Crippen molar-refractivity contribution in [3.8, 4) is 11.5 Å². The third-order valence-electron chi connectivity index (χ3n) is 5.95. The summed E-state index contributed by atoms with van der Waals surface area (Å²) >= 11 is 1.19. The zero-order valence-electron chi connectivity index (χ0n) is 17.8. The first-order valence-electron chi connectivity index (χ1n) is 10.7. The predicted molar refractivity (Wildman–Crippen MR) is 125 cm³/mol. The van der Waals surface area contributed by atoms with E-state index in [-0.39, 0.29) is 25.2 Å². The fourth-order valence-electron chi connectivity index (χ4n) is 4.20. The summed E-state index contributed by atoms with van der Waals surface area (Å²) in [6.45, 7) is 3.39. The number of hydrogen-bond acceptors (Lipinski definition) is 7. The third-order valence-corrected chi connectivity index (χ3v) is 8.78. The van der Waals surface area contributed by atoms with Crippen LogP contribution in [0.5, 0.6) is 11.5 Å². The maximum atomic E-state index is 13.3. The second-order valence-electron chi connectivity index (χ2n) is 7.91. The van der Waals surface area contributed by atoms with E-state index in [1.807, 2.05) is 18.2 Å². The molecule has 2 aliphatic rings. The fourth-order valence-corrected chi connectivity index (χ4v) is 6.27. The molecule has 3 heterocycles. The van der Waals surface area contributed by atoms with Gasteiger partial charge in [0.1, 0.15) is 10.0 Å². The van der Waals surface area contributed by atoms with E-state index in [9.17, 15) is 12.8 Å². The number of nitrogens with zero attached hydrogens (tertiary/aromatic N) is 2. The van der Waals surface area contributed by atoms with E-state index in [0.29, 0.717) is 15.7 Å². The van der Waals surface area contributed by atoms with Gasteiger partial charge in [0.15, 0.2) is 11.5 Å². The normalized spacial score (nSPS) is 17.3. The van der Waals surface area contributed by atoms with Gasteiger partial charge in [0.25, 0.3) is 0 Å². The molecule has 0 amide bonds. The van der Waals surface area contributed by atoms with Crippen LogP contribution in [-0.4, -0.2) is 52.8 Å². The van der Waals surface area contributed by atoms with Crippen molar-refractivity contribution in [3.05, 3.63) is 71.4 Å². The molecule has 0 aliphatic carbocycles. The van der Waals surface area contributed by atoms with E-state index in [1.54, 1.807) is 29.6 Å². The number of hydrogen-bond donors (Lipinski definition) is 1. The maximum Gasteiger partial charge on any atom is 0.250 e. The lowest BCUT2D eigenvalue weighted by atomic mass is 10.0. The number of sulfonamides is 1. The molecule has 7 nitrogen and oxygen atoms in total. The van der Waals surface area contributed by atoms with Gasteiger partial charge >= 0.3 is 0 Å². The maximum absolute atomic E-state index is 13.3. The van der Waals surface area contributed by atoms with Crippen molar-refractivity contribution >= 4 is 27.0 Å². The highest BCUT2D eigenvalue weighted by atomic mass is 32.2. The molecule has 33 heavy (non-hydrogen) atoms. The molecule has 0 bridgehead atoms. The summed E-state index contributed by atoms with van der Waals surface area (Å²) < 4.78 is 52.9. The Kier molecular flexibility index (Phi) is 6.24. The SMILES string of the molecule is O=S(=O)(NCC(c1ccc2c(c1)OCO2)N1CCN(c2ccc(F)cc2)CC1)c1cccs1. The van der Waals surface area contributed by atoms with Gasteiger partial charge in [-0.15, -0.1) is 11.3 Å². The van der Waals surface area contributed by atoms with Crippen LogP contribution >= 0.6 is 11.3 Å². The van der Waals surface area contributed by atoms with Crippen molar-refractivity contribution < 1.29 is 22.3 Å². The number of benzene rings is 2. The van der Waals surface area contributed by atoms with Crippen LogP contribution in [0.15, 0.2) is 64.2 Å². The number of ether oxygens (including phenoxy) is 2. The van der Waals surface area contributed by atoms with Crippen LogP contribution in [0, 0.1) is 5.82 Å². The molecule has 0 spiro atoms. The molecule has 0 saturated carbocycles. The molecular weight excluding hydrogens is 465 g/mol. The summed E-state index contributed by atoms with van der Waals surface area (Å²) in [5.74, 6) is 1.11. The largest absolute Gasteiger partial charge is 0.454 e. The molecule has 2 aromatic carbocycles. The highest BCUT2D eigenvalue weighted by molar-refractivity contribution is 7.91. The van der Waals surface area contributed by atoms with E-state index in [2.05, 4.69) is 14.5 Å². The van der Waals surface area contributed by atoms with Gasteiger partial charge in [-0.1, -0.05) is 12.1 Å². The molecule has 1 aromatic heterocycles. The average molecular weight is 490 g/mol. The Morgan fingerprint density at radius 3 is 2.48 bits per heavy atom. The molecule has 1 N–H and O–H groups in total. The van der Waals surface area contributed by atoms with Crippen LogP contribution in [0.3, 0.4) is 0 Å². The minimum atomic E-state index is -3.59. The van der Waals surface area contributed by atoms with Crippen LogP contribution in [0.2, 0.25) is 0 Å². The lowest BCUT2D eigenvalue weighted by Gasteiger charge is -2.40. The first-order chi connectivity index (χ1) is 16.0. The van der Waals surface area contributed by atoms with E-state index < -0.39 is 10.0 Å². The zero-order valence-corrected chi connectivity index (χ0v) is 19.4. The number of fused-ring (bicyclic) bond motifs is 1. The van der Waals surface area contributed by atoms with E-state index >= 15 is 0 Å². The van der Waals surface area contributed by atoms with Gasteiger partial charge < -0.3 is 14.4 Å². The Balaban J connectivity index is 1.34. The topological polar surface area (TPSA) is 71.1 Å². The fraction of sp³-hybridized carbons (Fsp3) is 0.304. The minimum absolute atomic E-state index is 0.176. The number of thiophene rings is 1. The van der Waals surface area contributed by atoms with Crippen LogP contribution in [0.4, 0.5) is 10.1 Å². The van der Waals surface area contributed by atoms with Gasteiger partial charge in [-0.3, -0.25) is 4.90 Å². The molecular formula is C23H24FN3O4S2. The monoisotopic (exact) mass is 489 g/mol. The standard InChI is InChI=1S/C23H24FN3O4S2/c24-18-4-6-19(7-5-18)26-9-11-27(12-10-26)20(15-25-33(28,29)23-2-1-13-32-23)17-3-8-21-22(14-17)31-16-30-21/h1-8,13-14,20,25H,9-12,15-16H2. The second kappa shape index (κ2) is 9.30. The predicted octanol–water partition coefficient (Wildman–Crippen LogP) is 3.46. The zero-order chi connectivity index (χ0) is 22.8. The summed E-state index contributed by atoms with van der Waals surface area (Å²) in [5.41, 5.74) is 1.94. The Morgan fingerprint density at radius 2 is 1.76 bits per heavy atom. The number of piperazine rings is 1. The summed E-state index contributed by atoms with van der Waals surface area (Å²) in [4.78, 5) is 4.48. The van der Waals surface area contributed by atoms with Gasteiger partial charge in [0.05, 0.1) is 0 Å². The van der Waals surface area contributed by atoms with Gasteiger partial charge in [-0.2, -0.15) is 0 Å². The van der Waals surface area contributed by atoms with Crippen molar-refractivity contribution in [2.45, 2.75) is 10.3 Å². The molecule has 174 valence electrons.